The summed E-state index contributed by atoms with van der Waals surface area (Å²) in [4.78, 5) is 13.5. The van der Waals surface area contributed by atoms with Crippen molar-refractivity contribution in [3.8, 4) is 11.4 Å². The first kappa shape index (κ1) is 14.2. The van der Waals surface area contributed by atoms with E-state index in [1.54, 1.807) is 0 Å². The quantitative estimate of drug-likeness (QED) is 0.840. The second-order valence-corrected chi connectivity index (χ2v) is 5.42. The van der Waals surface area contributed by atoms with Gasteiger partial charge in [-0.05, 0) is 48.1 Å². The van der Waals surface area contributed by atoms with Crippen molar-refractivity contribution in [3.05, 3.63) is 33.3 Å². The molecule has 0 radical (unpaired) electrons. The van der Waals surface area contributed by atoms with Gasteiger partial charge in [0.15, 0.2) is 5.82 Å². The van der Waals surface area contributed by atoms with Crippen molar-refractivity contribution in [2.24, 2.45) is 0 Å². The summed E-state index contributed by atoms with van der Waals surface area (Å²) in [6.07, 6.45) is 3.86. The third-order valence-corrected chi connectivity index (χ3v) is 3.95. The molecule has 0 bridgehead atoms. The Morgan fingerprint density at radius 1 is 1.26 bits per heavy atom. The number of nitrogens with zero attached hydrogens (tertiary/aromatic N) is 3. The van der Waals surface area contributed by atoms with Crippen LogP contribution in [0.3, 0.4) is 0 Å². The number of anilines is 1. The van der Waals surface area contributed by atoms with E-state index in [0.717, 1.165) is 45.0 Å². The molecule has 2 heterocycles. The van der Waals surface area contributed by atoms with Crippen LogP contribution in [0, 0.1) is 10.5 Å². The molecule has 2 aromatic heterocycles. The second-order valence-electron chi connectivity index (χ2n) is 4.34. The number of nitrogens with one attached hydrogen (secondary N) is 1. The van der Waals surface area contributed by atoms with Gasteiger partial charge in [-0.3, -0.25) is 4.98 Å². The Labute approximate surface area is 127 Å². The molecule has 0 aliphatic rings. The van der Waals surface area contributed by atoms with Crippen LogP contribution in [0.1, 0.15) is 24.7 Å². The van der Waals surface area contributed by atoms with E-state index in [0.29, 0.717) is 0 Å². The molecule has 2 rings (SSSR count). The maximum atomic E-state index is 4.67. The molecular formula is C14H17IN4. The zero-order valence-electron chi connectivity index (χ0n) is 11.4. The minimum absolute atomic E-state index is 0.737. The molecule has 1 N–H and O–H groups in total. The lowest BCUT2D eigenvalue weighted by Gasteiger charge is -2.10. The van der Waals surface area contributed by atoms with Crippen LogP contribution in [0.15, 0.2) is 18.3 Å². The fraction of sp³-hybridized carbons (Fsp3) is 0.357. The molecule has 0 saturated carbocycles. The van der Waals surface area contributed by atoms with Crippen LogP contribution in [0.5, 0.6) is 0 Å². The van der Waals surface area contributed by atoms with E-state index in [2.05, 4.69) is 49.8 Å². The molecule has 0 aliphatic heterocycles. The molecule has 100 valence electrons. The van der Waals surface area contributed by atoms with Crippen molar-refractivity contribution in [1.82, 2.24) is 15.0 Å². The third-order valence-electron chi connectivity index (χ3n) is 2.81. The molecule has 0 saturated heterocycles. The SMILES string of the molecule is CCCc1nc(-c2ccc(C)nc2)nc(NC)c1I. The van der Waals surface area contributed by atoms with E-state index < -0.39 is 0 Å². The van der Waals surface area contributed by atoms with E-state index in [1.807, 2.05) is 32.3 Å². The van der Waals surface area contributed by atoms with E-state index in [4.69, 9.17) is 0 Å². The van der Waals surface area contributed by atoms with Crippen molar-refractivity contribution >= 4 is 28.4 Å². The van der Waals surface area contributed by atoms with Gasteiger partial charge in [0.2, 0.25) is 0 Å². The minimum Gasteiger partial charge on any atom is -0.372 e. The van der Waals surface area contributed by atoms with Gasteiger partial charge >= 0.3 is 0 Å². The third kappa shape index (κ3) is 3.20. The highest BCUT2D eigenvalue weighted by molar-refractivity contribution is 14.1. The molecule has 0 fully saturated rings. The Morgan fingerprint density at radius 3 is 2.63 bits per heavy atom. The van der Waals surface area contributed by atoms with Crippen LogP contribution in [0.4, 0.5) is 5.82 Å². The molecule has 0 aromatic carbocycles. The van der Waals surface area contributed by atoms with Crippen molar-refractivity contribution in [1.29, 1.82) is 0 Å². The lowest BCUT2D eigenvalue weighted by Crippen LogP contribution is -2.05. The number of hydrogen-bond acceptors (Lipinski definition) is 4. The summed E-state index contributed by atoms with van der Waals surface area (Å²) < 4.78 is 1.10. The second kappa shape index (κ2) is 6.27. The number of aryl methyl sites for hydroxylation is 2. The van der Waals surface area contributed by atoms with Gasteiger partial charge in [0.25, 0.3) is 0 Å². The van der Waals surface area contributed by atoms with Gasteiger partial charge < -0.3 is 5.32 Å². The number of rotatable bonds is 4. The summed E-state index contributed by atoms with van der Waals surface area (Å²) in [5.41, 5.74) is 3.05. The van der Waals surface area contributed by atoms with Crippen molar-refractivity contribution < 1.29 is 0 Å². The van der Waals surface area contributed by atoms with Gasteiger partial charge in [0, 0.05) is 24.5 Å². The molecule has 4 nitrogen and oxygen atoms in total. The van der Waals surface area contributed by atoms with Crippen LogP contribution in [-0.4, -0.2) is 22.0 Å². The highest BCUT2D eigenvalue weighted by Crippen LogP contribution is 2.24. The van der Waals surface area contributed by atoms with Crippen molar-refractivity contribution in [2.75, 3.05) is 12.4 Å². The van der Waals surface area contributed by atoms with Crippen molar-refractivity contribution in [3.63, 3.8) is 0 Å². The van der Waals surface area contributed by atoms with Gasteiger partial charge in [-0.25, -0.2) is 9.97 Å². The summed E-state index contributed by atoms with van der Waals surface area (Å²) >= 11 is 2.30. The van der Waals surface area contributed by atoms with Crippen LogP contribution in [0.25, 0.3) is 11.4 Å². The molecular weight excluding hydrogens is 351 g/mol. The minimum atomic E-state index is 0.737. The summed E-state index contributed by atoms with van der Waals surface area (Å²) in [5, 5.41) is 3.14. The largest absolute Gasteiger partial charge is 0.372 e. The summed E-state index contributed by atoms with van der Waals surface area (Å²) in [6, 6.07) is 3.99. The Balaban J connectivity index is 2.51. The van der Waals surface area contributed by atoms with E-state index in [-0.39, 0.29) is 0 Å². The van der Waals surface area contributed by atoms with Gasteiger partial charge in [-0.1, -0.05) is 13.3 Å². The predicted molar refractivity (Wildman–Crippen MR) is 86.3 cm³/mol. The van der Waals surface area contributed by atoms with Gasteiger partial charge in [0.1, 0.15) is 5.82 Å². The predicted octanol–water partition coefficient (Wildman–Crippen LogP) is 3.45. The average Bonchev–Trinajstić information content (AvgIpc) is 2.42. The summed E-state index contributed by atoms with van der Waals surface area (Å²) in [5.74, 6) is 1.62. The maximum absolute atomic E-state index is 4.67. The van der Waals surface area contributed by atoms with E-state index >= 15 is 0 Å². The monoisotopic (exact) mass is 368 g/mol. The number of halogens is 1. The maximum Gasteiger partial charge on any atom is 0.163 e. The smallest absolute Gasteiger partial charge is 0.163 e. The molecule has 0 atom stereocenters. The molecule has 5 heteroatoms. The Kier molecular flexibility index (Phi) is 4.68. The molecule has 0 unspecified atom stereocenters. The van der Waals surface area contributed by atoms with Crippen LogP contribution in [0.2, 0.25) is 0 Å². The zero-order valence-corrected chi connectivity index (χ0v) is 13.5. The van der Waals surface area contributed by atoms with E-state index in [9.17, 15) is 0 Å². The van der Waals surface area contributed by atoms with Crippen LogP contribution >= 0.6 is 22.6 Å². The standard InChI is InChI=1S/C14H17IN4/c1-4-5-11-12(15)14(16-3)19-13(18-11)10-7-6-9(2)17-8-10/h6-8H,4-5H2,1-3H3,(H,16,18,19). The van der Waals surface area contributed by atoms with E-state index in [1.165, 1.54) is 0 Å². The average molecular weight is 368 g/mol. The topological polar surface area (TPSA) is 50.7 Å². The first-order valence-electron chi connectivity index (χ1n) is 6.33. The molecule has 2 aromatic rings. The van der Waals surface area contributed by atoms with Crippen LogP contribution < -0.4 is 5.32 Å². The summed E-state index contributed by atoms with van der Waals surface area (Å²) in [7, 11) is 1.89. The number of pyridine rings is 1. The zero-order chi connectivity index (χ0) is 13.8. The molecule has 0 aliphatic carbocycles. The van der Waals surface area contributed by atoms with Gasteiger partial charge in [-0.2, -0.15) is 0 Å². The van der Waals surface area contributed by atoms with Crippen LogP contribution in [-0.2, 0) is 6.42 Å². The summed E-state index contributed by atoms with van der Waals surface area (Å²) in [6.45, 7) is 4.13. The van der Waals surface area contributed by atoms with Gasteiger partial charge in [-0.15, -0.1) is 0 Å². The lowest BCUT2D eigenvalue weighted by atomic mass is 10.2. The molecule has 19 heavy (non-hydrogen) atoms. The normalized spacial score (nSPS) is 10.5. The lowest BCUT2D eigenvalue weighted by molar-refractivity contribution is 0.868. The fourth-order valence-corrected chi connectivity index (χ4v) is 2.57. The van der Waals surface area contributed by atoms with Crippen molar-refractivity contribution in [2.45, 2.75) is 26.7 Å². The highest BCUT2D eigenvalue weighted by atomic mass is 127. The Hall–Kier alpha value is -1.24. The molecule has 0 amide bonds. The Morgan fingerprint density at radius 2 is 2.05 bits per heavy atom. The first-order valence-corrected chi connectivity index (χ1v) is 7.40. The Bertz CT molecular complexity index is 566. The first-order chi connectivity index (χ1) is 9.15. The number of hydrogen-bond donors (Lipinski definition) is 1. The van der Waals surface area contributed by atoms with Gasteiger partial charge in [0.05, 0.1) is 9.26 Å². The number of aromatic nitrogens is 3. The highest BCUT2D eigenvalue weighted by Gasteiger charge is 2.12. The molecule has 0 spiro atoms. The fourth-order valence-electron chi connectivity index (χ4n) is 1.79.